The van der Waals surface area contributed by atoms with Gasteiger partial charge in [0, 0.05) is 25.0 Å². The highest BCUT2D eigenvalue weighted by Crippen LogP contribution is 2.23. The molecule has 0 radical (unpaired) electrons. The van der Waals surface area contributed by atoms with Gasteiger partial charge in [-0.2, -0.15) is 0 Å². The molecule has 1 saturated heterocycles. The lowest BCUT2D eigenvalue weighted by atomic mass is 10.2. The number of thiazole rings is 1. The van der Waals surface area contributed by atoms with E-state index in [4.69, 9.17) is 0 Å². The molecule has 1 aliphatic heterocycles. The largest absolute Gasteiger partial charge is 0.469 e. The number of hydrogen-bond donors (Lipinski definition) is 0. The van der Waals surface area contributed by atoms with Gasteiger partial charge in [-0.25, -0.2) is 4.98 Å². The Hall–Kier alpha value is -1.14. The maximum atomic E-state index is 11.2. The Morgan fingerprint density at radius 1 is 1.68 bits per heavy atom. The van der Waals surface area contributed by atoms with Crippen LogP contribution in [0.5, 0.6) is 0 Å². The Labute approximate surface area is 118 Å². The normalized spacial score (nSPS) is 19.6. The van der Waals surface area contributed by atoms with Gasteiger partial charge in [-0.3, -0.25) is 4.79 Å². The molecule has 0 amide bonds. The van der Waals surface area contributed by atoms with Gasteiger partial charge < -0.3 is 14.5 Å². The van der Waals surface area contributed by atoms with Crippen LogP contribution in [0.3, 0.4) is 0 Å². The molecule has 106 valence electrons. The second-order valence-electron chi connectivity index (χ2n) is 5.03. The predicted molar refractivity (Wildman–Crippen MR) is 76.8 cm³/mol. The molecule has 5 nitrogen and oxygen atoms in total. The zero-order chi connectivity index (χ0) is 13.8. The minimum atomic E-state index is -0.241. The minimum absolute atomic E-state index is 0.241. The Morgan fingerprint density at radius 2 is 2.47 bits per heavy atom. The molecule has 1 aliphatic rings. The predicted octanol–water partition coefficient (Wildman–Crippen LogP) is 1.39. The van der Waals surface area contributed by atoms with Crippen LogP contribution >= 0.6 is 11.3 Å². The highest BCUT2D eigenvalue weighted by atomic mass is 32.1. The maximum absolute atomic E-state index is 11.2. The first kappa shape index (κ1) is 14.3. The Bertz CT molecular complexity index is 435. The third-order valence-electron chi connectivity index (χ3n) is 3.58. The lowest BCUT2D eigenvalue weighted by Gasteiger charge is -2.25. The number of esters is 1. The molecule has 2 rings (SSSR count). The molecule has 19 heavy (non-hydrogen) atoms. The van der Waals surface area contributed by atoms with E-state index in [0.29, 0.717) is 6.04 Å². The molecule has 2 heterocycles. The van der Waals surface area contributed by atoms with E-state index in [9.17, 15) is 4.79 Å². The average molecular weight is 283 g/mol. The average Bonchev–Trinajstić information content (AvgIpc) is 2.99. The van der Waals surface area contributed by atoms with Crippen molar-refractivity contribution in [1.29, 1.82) is 0 Å². The van der Waals surface area contributed by atoms with E-state index in [1.54, 1.807) is 11.3 Å². The van der Waals surface area contributed by atoms with Crippen molar-refractivity contribution in [2.24, 2.45) is 0 Å². The molecule has 0 saturated carbocycles. The fourth-order valence-corrected chi connectivity index (χ4v) is 3.18. The highest BCUT2D eigenvalue weighted by molar-refractivity contribution is 7.13. The first-order chi connectivity index (χ1) is 9.10. The number of ether oxygens (including phenoxy) is 1. The molecule has 1 unspecified atom stereocenters. The van der Waals surface area contributed by atoms with Crippen LogP contribution in [-0.4, -0.2) is 56.2 Å². The second-order valence-corrected chi connectivity index (χ2v) is 5.87. The summed E-state index contributed by atoms with van der Waals surface area (Å²) in [5.74, 6) is -0.241. The summed E-state index contributed by atoms with van der Waals surface area (Å²) in [4.78, 5) is 20.3. The number of nitrogens with zero attached hydrogens (tertiary/aromatic N) is 3. The monoisotopic (exact) mass is 283 g/mol. The van der Waals surface area contributed by atoms with E-state index in [0.717, 1.165) is 17.4 Å². The first-order valence-electron chi connectivity index (χ1n) is 6.52. The summed E-state index contributed by atoms with van der Waals surface area (Å²) < 4.78 is 4.65. The topological polar surface area (TPSA) is 45.7 Å². The van der Waals surface area contributed by atoms with Gasteiger partial charge in [-0.05, 0) is 26.4 Å². The molecular formula is C13H21N3O2S. The van der Waals surface area contributed by atoms with Crippen molar-refractivity contribution in [2.75, 3.05) is 39.2 Å². The minimum Gasteiger partial charge on any atom is -0.469 e. The smallest absolute Gasteiger partial charge is 0.311 e. The van der Waals surface area contributed by atoms with Crippen LogP contribution in [-0.2, 0) is 16.0 Å². The van der Waals surface area contributed by atoms with Crippen molar-refractivity contribution in [3.8, 4) is 0 Å². The summed E-state index contributed by atoms with van der Waals surface area (Å²) in [5.41, 5.74) is 0.790. The zero-order valence-electron chi connectivity index (χ0n) is 11.8. The van der Waals surface area contributed by atoms with Crippen molar-refractivity contribution >= 4 is 22.4 Å². The number of rotatable bonds is 5. The third kappa shape index (κ3) is 3.67. The van der Waals surface area contributed by atoms with Crippen molar-refractivity contribution < 1.29 is 9.53 Å². The van der Waals surface area contributed by atoms with Crippen LogP contribution in [0.25, 0.3) is 0 Å². The third-order valence-corrected chi connectivity index (χ3v) is 4.58. The fourth-order valence-electron chi connectivity index (χ4n) is 2.38. The first-order valence-corrected chi connectivity index (χ1v) is 7.40. The molecule has 0 aromatic carbocycles. The summed E-state index contributed by atoms with van der Waals surface area (Å²) in [7, 11) is 5.64. The standard InChI is InChI=1S/C13H21N3O2S/c1-15-6-4-5-11(15)8-16(2)13-14-10(9-19-13)7-12(17)18-3/h9,11H,4-8H2,1-3H3. The van der Waals surface area contributed by atoms with Crippen molar-refractivity contribution in [1.82, 2.24) is 9.88 Å². The van der Waals surface area contributed by atoms with Crippen LogP contribution < -0.4 is 4.90 Å². The summed E-state index contributed by atoms with van der Waals surface area (Å²) in [6, 6.07) is 0.609. The number of methoxy groups -OCH3 is 1. The lowest BCUT2D eigenvalue weighted by Crippen LogP contribution is -2.36. The maximum Gasteiger partial charge on any atom is 0.311 e. The van der Waals surface area contributed by atoms with Gasteiger partial charge in [0.1, 0.15) is 0 Å². The van der Waals surface area contributed by atoms with E-state index in [-0.39, 0.29) is 12.4 Å². The summed E-state index contributed by atoms with van der Waals surface area (Å²) >= 11 is 1.58. The molecule has 0 bridgehead atoms. The van der Waals surface area contributed by atoms with Crippen molar-refractivity contribution in [2.45, 2.75) is 25.3 Å². The molecular weight excluding hydrogens is 262 g/mol. The van der Waals surface area contributed by atoms with Crippen molar-refractivity contribution in [3.63, 3.8) is 0 Å². The van der Waals surface area contributed by atoms with E-state index >= 15 is 0 Å². The van der Waals surface area contributed by atoms with Crippen molar-refractivity contribution in [3.05, 3.63) is 11.1 Å². The molecule has 6 heteroatoms. The summed E-state index contributed by atoms with van der Waals surface area (Å²) in [6.07, 6.45) is 2.78. The molecule has 0 aliphatic carbocycles. The van der Waals surface area contributed by atoms with Crippen LogP contribution in [0.1, 0.15) is 18.5 Å². The lowest BCUT2D eigenvalue weighted by molar-refractivity contribution is -0.139. The van der Waals surface area contributed by atoms with Gasteiger partial charge in [-0.15, -0.1) is 11.3 Å². The van der Waals surface area contributed by atoms with Crippen LogP contribution in [0, 0.1) is 0 Å². The summed E-state index contributed by atoms with van der Waals surface area (Å²) in [6.45, 7) is 2.17. The number of aromatic nitrogens is 1. The van der Waals surface area contributed by atoms with E-state index in [1.165, 1.54) is 26.5 Å². The van der Waals surface area contributed by atoms with Gasteiger partial charge in [-0.1, -0.05) is 0 Å². The second kappa shape index (κ2) is 6.34. The van der Waals surface area contributed by atoms with Gasteiger partial charge in [0.2, 0.25) is 0 Å². The number of carbonyl (C=O) groups is 1. The van der Waals surface area contributed by atoms with Crippen LogP contribution in [0.15, 0.2) is 5.38 Å². The van der Waals surface area contributed by atoms with E-state index < -0.39 is 0 Å². The number of likely N-dealkylation sites (N-methyl/N-ethyl adjacent to an activating group) is 2. The van der Waals surface area contributed by atoms with Gasteiger partial charge >= 0.3 is 5.97 Å². The van der Waals surface area contributed by atoms with Gasteiger partial charge in [0.15, 0.2) is 5.13 Å². The fraction of sp³-hybridized carbons (Fsp3) is 0.692. The number of anilines is 1. The molecule has 1 aromatic rings. The molecule has 0 N–H and O–H groups in total. The van der Waals surface area contributed by atoms with Gasteiger partial charge in [0.05, 0.1) is 19.2 Å². The Morgan fingerprint density at radius 3 is 3.11 bits per heavy atom. The number of likely N-dealkylation sites (tertiary alicyclic amines) is 1. The molecule has 1 aromatic heterocycles. The SMILES string of the molecule is COC(=O)Cc1csc(N(C)CC2CCCN2C)n1. The van der Waals surface area contributed by atoms with Crippen LogP contribution in [0.4, 0.5) is 5.13 Å². The number of hydrogen-bond acceptors (Lipinski definition) is 6. The highest BCUT2D eigenvalue weighted by Gasteiger charge is 2.23. The molecule has 1 fully saturated rings. The number of carbonyl (C=O) groups excluding carboxylic acids is 1. The zero-order valence-corrected chi connectivity index (χ0v) is 12.6. The van der Waals surface area contributed by atoms with Crippen LogP contribution in [0.2, 0.25) is 0 Å². The van der Waals surface area contributed by atoms with E-state index in [2.05, 4.69) is 33.6 Å². The molecule has 0 spiro atoms. The van der Waals surface area contributed by atoms with Gasteiger partial charge in [0.25, 0.3) is 0 Å². The Kier molecular flexibility index (Phi) is 4.76. The molecule has 1 atom stereocenters. The Balaban J connectivity index is 1.92. The van der Waals surface area contributed by atoms with E-state index in [1.807, 2.05) is 5.38 Å². The quantitative estimate of drug-likeness (QED) is 0.764. The summed E-state index contributed by atoms with van der Waals surface area (Å²) in [5, 5.41) is 2.90.